The average Bonchev–Trinajstić information content (AvgIpc) is 2.60. The summed E-state index contributed by atoms with van der Waals surface area (Å²) in [5, 5.41) is 10.4. The maximum Gasteiger partial charge on any atom is 0.345 e. The maximum atomic E-state index is 10.6. The lowest BCUT2D eigenvalue weighted by Crippen LogP contribution is -1.89. The van der Waals surface area contributed by atoms with E-state index in [0.717, 1.165) is 23.1 Å². The molecule has 0 aliphatic carbocycles. The van der Waals surface area contributed by atoms with Gasteiger partial charge in [0.15, 0.2) is 5.12 Å². The van der Waals surface area contributed by atoms with E-state index in [2.05, 4.69) is 11.8 Å². The van der Waals surface area contributed by atoms with Crippen molar-refractivity contribution in [2.75, 3.05) is 5.75 Å². The van der Waals surface area contributed by atoms with E-state index >= 15 is 0 Å². The molecule has 0 aliphatic heterocycles. The molecule has 0 spiro atoms. The van der Waals surface area contributed by atoms with Crippen LogP contribution in [0, 0.1) is 11.8 Å². The number of carbonyl (C=O) groups excluding carboxylic acids is 1. The summed E-state index contributed by atoms with van der Waals surface area (Å²) in [6.45, 7) is 1.49. The lowest BCUT2D eigenvalue weighted by Gasteiger charge is -1.84. The maximum absolute atomic E-state index is 10.6. The van der Waals surface area contributed by atoms with Gasteiger partial charge in [-0.05, 0) is 6.07 Å². The first-order chi connectivity index (χ1) is 7.09. The minimum atomic E-state index is -0.939. The zero-order chi connectivity index (χ0) is 11.3. The number of hydrogen-bond acceptors (Lipinski definition) is 4. The highest BCUT2D eigenvalue weighted by atomic mass is 32.2. The predicted molar refractivity (Wildman–Crippen MR) is 61.3 cm³/mol. The standard InChI is InChI=1S/C10H8O3S2/c1-7(11)14-4-2-3-8-5-9(10(12)13)15-6-8/h5-6H,4H2,1H3,(H,12,13). The Morgan fingerprint density at radius 3 is 2.87 bits per heavy atom. The molecule has 1 N–H and O–H groups in total. The number of carboxylic acid groups (broad SMARTS) is 1. The first-order valence-electron chi connectivity index (χ1n) is 4.03. The third-order valence-electron chi connectivity index (χ3n) is 1.39. The first-order valence-corrected chi connectivity index (χ1v) is 5.90. The smallest absolute Gasteiger partial charge is 0.345 e. The normalized spacial score (nSPS) is 9.13. The summed E-state index contributed by atoms with van der Waals surface area (Å²) in [6, 6.07) is 1.53. The molecule has 0 aromatic carbocycles. The van der Waals surface area contributed by atoms with Gasteiger partial charge in [-0.2, -0.15) is 0 Å². The van der Waals surface area contributed by atoms with Gasteiger partial charge in [-0.1, -0.05) is 23.6 Å². The molecule has 78 valence electrons. The molecule has 5 heteroatoms. The lowest BCUT2D eigenvalue weighted by atomic mass is 10.3. The summed E-state index contributed by atoms with van der Waals surface area (Å²) in [4.78, 5) is 21.4. The number of thioether (sulfide) groups is 1. The van der Waals surface area contributed by atoms with E-state index in [4.69, 9.17) is 5.11 Å². The van der Waals surface area contributed by atoms with Gasteiger partial charge in [0, 0.05) is 17.9 Å². The Labute approximate surface area is 95.5 Å². The second kappa shape index (κ2) is 5.59. The fraction of sp³-hybridized carbons (Fsp3) is 0.200. The van der Waals surface area contributed by atoms with Crippen LogP contribution in [0.3, 0.4) is 0 Å². The van der Waals surface area contributed by atoms with E-state index in [1.165, 1.54) is 13.0 Å². The van der Waals surface area contributed by atoms with Crippen LogP contribution in [-0.4, -0.2) is 21.9 Å². The number of carbonyl (C=O) groups is 2. The minimum absolute atomic E-state index is 0.0286. The van der Waals surface area contributed by atoms with Crippen LogP contribution in [0.15, 0.2) is 11.4 Å². The van der Waals surface area contributed by atoms with Gasteiger partial charge in [-0.3, -0.25) is 4.79 Å². The summed E-state index contributed by atoms with van der Waals surface area (Å²) >= 11 is 2.28. The van der Waals surface area contributed by atoms with Gasteiger partial charge in [0.05, 0.1) is 5.75 Å². The second-order valence-electron chi connectivity index (χ2n) is 2.59. The fourth-order valence-electron chi connectivity index (χ4n) is 0.790. The summed E-state index contributed by atoms with van der Waals surface area (Å²) in [6.07, 6.45) is 0. The highest BCUT2D eigenvalue weighted by Gasteiger charge is 2.04. The van der Waals surface area contributed by atoms with Crippen LogP contribution in [0.4, 0.5) is 0 Å². The lowest BCUT2D eigenvalue weighted by molar-refractivity contribution is -0.109. The van der Waals surface area contributed by atoms with Gasteiger partial charge in [0.2, 0.25) is 0 Å². The third-order valence-corrected chi connectivity index (χ3v) is 3.00. The quantitative estimate of drug-likeness (QED) is 0.804. The molecule has 0 saturated carbocycles. The van der Waals surface area contributed by atoms with E-state index in [-0.39, 0.29) is 9.99 Å². The molecule has 0 aliphatic rings. The van der Waals surface area contributed by atoms with E-state index < -0.39 is 5.97 Å². The summed E-state index contributed by atoms with van der Waals surface area (Å²) in [5.41, 5.74) is 0.682. The van der Waals surface area contributed by atoms with Gasteiger partial charge < -0.3 is 5.11 Å². The fourth-order valence-corrected chi connectivity index (χ4v) is 1.81. The molecule has 1 heterocycles. The van der Waals surface area contributed by atoms with Crippen LogP contribution in [0.2, 0.25) is 0 Å². The van der Waals surface area contributed by atoms with E-state index in [1.54, 1.807) is 5.38 Å². The van der Waals surface area contributed by atoms with Crippen LogP contribution < -0.4 is 0 Å². The molecule has 0 amide bonds. The summed E-state index contributed by atoms with van der Waals surface area (Å²) < 4.78 is 0. The molecule has 1 aromatic rings. The topological polar surface area (TPSA) is 54.4 Å². The van der Waals surface area contributed by atoms with Gasteiger partial charge >= 0.3 is 5.97 Å². The van der Waals surface area contributed by atoms with Crippen LogP contribution >= 0.6 is 23.1 Å². The van der Waals surface area contributed by atoms with Crippen LogP contribution in [0.5, 0.6) is 0 Å². The monoisotopic (exact) mass is 240 g/mol. The second-order valence-corrected chi connectivity index (χ2v) is 4.65. The molecule has 3 nitrogen and oxygen atoms in total. The van der Waals surface area contributed by atoms with Crippen molar-refractivity contribution in [2.24, 2.45) is 0 Å². The Balaban J connectivity index is 2.56. The minimum Gasteiger partial charge on any atom is -0.477 e. The van der Waals surface area contributed by atoms with Crippen molar-refractivity contribution in [3.63, 3.8) is 0 Å². The Morgan fingerprint density at radius 1 is 1.60 bits per heavy atom. The SMILES string of the molecule is CC(=O)SCC#Cc1csc(C(=O)O)c1. The first kappa shape index (κ1) is 11.8. The van der Waals surface area contributed by atoms with E-state index in [0.29, 0.717) is 11.3 Å². The molecule has 0 unspecified atom stereocenters. The molecule has 0 saturated heterocycles. The van der Waals surface area contributed by atoms with Crippen molar-refractivity contribution in [1.82, 2.24) is 0 Å². The van der Waals surface area contributed by atoms with Crippen molar-refractivity contribution < 1.29 is 14.7 Å². The number of aromatic carboxylic acids is 1. The Bertz CT molecular complexity index is 437. The molecule has 1 aromatic heterocycles. The summed E-state index contributed by atoms with van der Waals surface area (Å²) in [7, 11) is 0. The highest BCUT2D eigenvalue weighted by molar-refractivity contribution is 8.13. The van der Waals surface area contributed by atoms with Crippen molar-refractivity contribution in [1.29, 1.82) is 0 Å². The largest absolute Gasteiger partial charge is 0.477 e. The van der Waals surface area contributed by atoms with Crippen molar-refractivity contribution >= 4 is 34.2 Å². The molecular formula is C10H8O3S2. The van der Waals surface area contributed by atoms with E-state index in [1.807, 2.05) is 0 Å². The summed E-state index contributed by atoms with van der Waals surface area (Å²) in [5.74, 6) is 5.09. The van der Waals surface area contributed by atoms with Gasteiger partial charge in [0.25, 0.3) is 0 Å². The number of hydrogen-bond donors (Lipinski definition) is 1. The van der Waals surface area contributed by atoms with Crippen molar-refractivity contribution in [2.45, 2.75) is 6.92 Å². The zero-order valence-electron chi connectivity index (χ0n) is 7.94. The zero-order valence-corrected chi connectivity index (χ0v) is 9.58. The molecule has 1 rings (SSSR count). The molecule has 0 fully saturated rings. The Morgan fingerprint density at radius 2 is 2.33 bits per heavy atom. The van der Waals surface area contributed by atoms with Crippen LogP contribution in [0.1, 0.15) is 22.2 Å². The van der Waals surface area contributed by atoms with Gasteiger partial charge in [-0.15, -0.1) is 11.3 Å². The van der Waals surface area contributed by atoms with Crippen LogP contribution in [-0.2, 0) is 4.79 Å². The molecule has 0 bridgehead atoms. The Hall–Kier alpha value is -1.25. The molecular weight excluding hydrogens is 232 g/mol. The average molecular weight is 240 g/mol. The third kappa shape index (κ3) is 4.19. The molecule has 0 atom stereocenters. The van der Waals surface area contributed by atoms with Crippen LogP contribution in [0.25, 0.3) is 0 Å². The van der Waals surface area contributed by atoms with Gasteiger partial charge in [0.1, 0.15) is 4.88 Å². The number of rotatable bonds is 2. The molecule has 15 heavy (non-hydrogen) atoms. The number of thiophene rings is 1. The van der Waals surface area contributed by atoms with Crippen molar-refractivity contribution in [3.05, 3.63) is 21.9 Å². The molecule has 0 radical (unpaired) electrons. The number of carboxylic acids is 1. The van der Waals surface area contributed by atoms with Gasteiger partial charge in [-0.25, -0.2) is 4.79 Å². The van der Waals surface area contributed by atoms with E-state index in [9.17, 15) is 9.59 Å². The predicted octanol–water partition coefficient (Wildman–Crippen LogP) is 2.08. The Kier molecular flexibility index (Phi) is 4.40. The van der Waals surface area contributed by atoms with Crippen molar-refractivity contribution in [3.8, 4) is 11.8 Å². The highest BCUT2D eigenvalue weighted by Crippen LogP contribution is 2.13.